The Bertz CT molecular complexity index is 1530. The van der Waals surface area contributed by atoms with E-state index in [9.17, 15) is 24.0 Å². The van der Waals surface area contributed by atoms with Gasteiger partial charge in [-0.05, 0) is 81.1 Å². The highest BCUT2D eigenvalue weighted by Crippen LogP contribution is 2.53. The number of cyclic esters (lactones) is 2. The highest BCUT2D eigenvalue weighted by molar-refractivity contribution is 5.99. The van der Waals surface area contributed by atoms with E-state index in [1.807, 2.05) is 0 Å². The summed E-state index contributed by atoms with van der Waals surface area (Å²) in [6.07, 6.45) is 0. The third-order valence-corrected chi connectivity index (χ3v) is 8.32. The average molecular weight is 635 g/mol. The van der Waals surface area contributed by atoms with Gasteiger partial charge in [0.2, 0.25) is 5.91 Å². The Kier molecular flexibility index (Phi) is 10.8. The summed E-state index contributed by atoms with van der Waals surface area (Å²) in [4.78, 5) is 65.0. The number of nitrogens with two attached hydrogens (primary N) is 1. The van der Waals surface area contributed by atoms with Crippen LogP contribution < -0.4 is 15.8 Å². The van der Waals surface area contributed by atoms with Gasteiger partial charge in [-0.15, -0.1) is 0 Å². The zero-order valence-corrected chi connectivity index (χ0v) is 26.2. The lowest BCUT2D eigenvalue weighted by atomic mass is 9.51. The molecule has 1 fully saturated rings. The first-order valence-electron chi connectivity index (χ1n) is 14.8. The number of allylic oxidation sites excluding steroid dienone is 1. The van der Waals surface area contributed by atoms with Crippen molar-refractivity contribution >= 4 is 41.2 Å². The highest BCUT2D eigenvalue weighted by Gasteiger charge is 2.63. The molecule has 3 N–H and O–H groups in total. The molecule has 12 nitrogen and oxygen atoms in total. The van der Waals surface area contributed by atoms with Gasteiger partial charge in [0.25, 0.3) is 0 Å². The predicted octanol–water partition coefficient (Wildman–Crippen LogP) is 4.21. The minimum Gasteiger partial charge on any atom is -0.462 e. The molecule has 2 aromatic carbocycles. The van der Waals surface area contributed by atoms with E-state index >= 15 is 0 Å². The van der Waals surface area contributed by atoms with Gasteiger partial charge in [-0.25, -0.2) is 9.59 Å². The first kappa shape index (κ1) is 33.8. The number of amides is 1. The summed E-state index contributed by atoms with van der Waals surface area (Å²) in [6, 6.07) is 13.5. The summed E-state index contributed by atoms with van der Waals surface area (Å²) in [6.45, 7) is 9.22. The van der Waals surface area contributed by atoms with Gasteiger partial charge in [-0.3, -0.25) is 14.4 Å². The van der Waals surface area contributed by atoms with E-state index in [-0.39, 0.29) is 32.0 Å². The lowest BCUT2D eigenvalue weighted by Gasteiger charge is -2.50. The second-order valence-corrected chi connectivity index (χ2v) is 11.3. The van der Waals surface area contributed by atoms with E-state index in [4.69, 9.17) is 29.4 Å². The Morgan fingerprint density at radius 2 is 1.50 bits per heavy atom. The molecular formula is C34H38N2O10. The normalized spacial score (nSPS) is 24.5. The van der Waals surface area contributed by atoms with E-state index in [1.54, 1.807) is 69.3 Å². The molecule has 0 aromatic heterocycles. The van der Waals surface area contributed by atoms with Gasteiger partial charge in [0, 0.05) is 22.5 Å². The number of fused-ring (bicyclic) bond motifs is 1. The summed E-state index contributed by atoms with van der Waals surface area (Å²) < 4.78 is 26.8. The molecule has 2 aromatic rings. The molecule has 0 spiro atoms. The Labute approximate surface area is 266 Å². The lowest BCUT2D eigenvalue weighted by molar-refractivity contribution is -0.187. The third-order valence-electron chi connectivity index (χ3n) is 8.32. The van der Waals surface area contributed by atoms with Crippen molar-refractivity contribution in [2.24, 2.45) is 29.6 Å². The van der Waals surface area contributed by atoms with Crippen LogP contribution in [0.15, 0.2) is 71.8 Å². The van der Waals surface area contributed by atoms with Crippen LogP contribution in [-0.4, -0.2) is 56.2 Å². The lowest BCUT2D eigenvalue weighted by Crippen LogP contribution is -2.61. The second-order valence-electron chi connectivity index (χ2n) is 11.3. The van der Waals surface area contributed by atoms with Gasteiger partial charge in [0.1, 0.15) is 37.9 Å². The first-order valence-corrected chi connectivity index (χ1v) is 14.8. The highest BCUT2D eigenvalue weighted by atomic mass is 16.6. The maximum absolute atomic E-state index is 13.9. The smallest absolute Gasteiger partial charge is 0.333 e. The van der Waals surface area contributed by atoms with Crippen molar-refractivity contribution in [1.82, 2.24) is 0 Å². The Balaban J connectivity index is 1.58. The van der Waals surface area contributed by atoms with Crippen molar-refractivity contribution < 1.29 is 47.7 Å². The number of nitrogen functional groups attached to an aromatic ring is 1. The van der Waals surface area contributed by atoms with Crippen molar-refractivity contribution in [3.8, 4) is 11.5 Å². The number of hydrogen-bond acceptors (Lipinski definition) is 11. The van der Waals surface area contributed by atoms with Crippen LogP contribution in [0.1, 0.15) is 27.7 Å². The zero-order valence-electron chi connectivity index (χ0n) is 26.2. The summed E-state index contributed by atoms with van der Waals surface area (Å²) in [5.41, 5.74) is 7.91. The first-order chi connectivity index (χ1) is 21.9. The molecule has 1 aliphatic heterocycles. The standard InChI is InChI=1S/C34H38N2O10/c1-18(2)31(38)42-14-16-45-34(41)29-27(26-20(4)19(3)21(5)32(39)43-15-17-44-33(40)28(26)29)30(37)36-23-8-12-25(13-9-23)46-24-10-6-22(35)7-11-24/h6-13,20,26-29H,1,14-17,35H2,2-5H3,(H,36,37)/b21-19-. The summed E-state index contributed by atoms with van der Waals surface area (Å²) in [5.74, 6) is -6.60. The van der Waals surface area contributed by atoms with Gasteiger partial charge in [0.05, 0.1) is 17.8 Å². The Morgan fingerprint density at radius 1 is 0.913 bits per heavy atom. The van der Waals surface area contributed by atoms with Crippen LogP contribution in [-0.2, 0) is 42.9 Å². The van der Waals surface area contributed by atoms with Crippen molar-refractivity contribution in [1.29, 1.82) is 0 Å². The van der Waals surface area contributed by atoms with Crippen molar-refractivity contribution in [3.63, 3.8) is 0 Å². The number of nitrogens with one attached hydrogen (secondary N) is 1. The van der Waals surface area contributed by atoms with Crippen LogP contribution in [0.25, 0.3) is 0 Å². The van der Waals surface area contributed by atoms with Crippen LogP contribution in [0.4, 0.5) is 11.4 Å². The largest absolute Gasteiger partial charge is 0.462 e. The predicted molar refractivity (Wildman–Crippen MR) is 166 cm³/mol. The molecule has 2 aliphatic rings. The van der Waals surface area contributed by atoms with Gasteiger partial charge in [-0.2, -0.15) is 0 Å². The van der Waals surface area contributed by atoms with Crippen molar-refractivity contribution in [3.05, 3.63) is 71.8 Å². The van der Waals surface area contributed by atoms with Gasteiger partial charge in [-0.1, -0.05) is 19.1 Å². The summed E-state index contributed by atoms with van der Waals surface area (Å²) >= 11 is 0. The summed E-state index contributed by atoms with van der Waals surface area (Å²) in [7, 11) is 0. The molecule has 244 valence electrons. The van der Waals surface area contributed by atoms with Gasteiger partial charge >= 0.3 is 23.9 Å². The molecule has 4 rings (SSSR count). The molecule has 0 saturated heterocycles. The Morgan fingerprint density at radius 3 is 2.13 bits per heavy atom. The molecule has 1 saturated carbocycles. The maximum Gasteiger partial charge on any atom is 0.333 e. The molecule has 1 amide bonds. The number of benzene rings is 2. The molecule has 0 radical (unpaired) electrons. The van der Waals surface area contributed by atoms with E-state index < -0.39 is 59.4 Å². The second kappa shape index (κ2) is 14.8. The van der Waals surface area contributed by atoms with Crippen LogP contribution in [0.2, 0.25) is 0 Å². The topological polar surface area (TPSA) is 170 Å². The van der Waals surface area contributed by atoms with Crippen LogP contribution in [0.3, 0.4) is 0 Å². The SMILES string of the molecule is C=C(C)C(=O)OCCOC(=O)C1C(C(=O)Nc2ccc(Oc3ccc(N)cc3)cc2)C2C(C)/C(C)=C(/C)C(=O)OCCOC(=O)C12. The van der Waals surface area contributed by atoms with Crippen LogP contribution in [0.5, 0.6) is 11.5 Å². The number of carbonyl (C=O) groups excluding carboxylic acids is 5. The average Bonchev–Trinajstić information content (AvgIpc) is 3.02. The van der Waals surface area contributed by atoms with E-state index in [0.717, 1.165) is 0 Å². The molecule has 5 unspecified atom stereocenters. The minimum absolute atomic E-state index is 0.161. The number of anilines is 2. The fourth-order valence-electron chi connectivity index (χ4n) is 5.61. The van der Waals surface area contributed by atoms with E-state index in [2.05, 4.69) is 11.9 Å². The number of ether oxygens (including phenoxy) is 5. The number of carbonyl (C=O) groups is 5. The zero-order chi connectivity index (χ0) is 33.5. The molecule has 1 aliphatic carbocycles. The minimum atomic E-state index is -1.20. The molecular weight excluding hydrogens is 596 g/mol. The fraction of sp³-hybridized carbons (Fsp3) is 0.382. The quantitative estimate of drug-likeness (QED) is 0.133. The van der Waals surface area contributed by atoms with Gasteiger partial charge in [0.15, 0.2) is 0 Å². The molecule has 46 heavy (non-hydrogen) atoms. The fourth-order valence-corrected chi connectivity index (χ4v) is 5.61. The third kappa shape index (κ3) is 7.74. The van der Waals surface area contributed by atoms with Crippen molar-refractivity contribution in [2.45, 2.75) is 27.7 Å². The maximum atomic E-state index is 13.9. The van der Waals surface area contributed by atoms with E-state index in [0.29, 0.717) is 34.0 Å². The number of esters is 4. The molecule has 5 atom stereocenters. The number of rotatable bonds is 9. The summed E-state index contributed by atoms with van der Waals surface area (Å²) in [5, 5.41) is 2.84. The molecule has 12 heteroatoms. The molecule has 0 bridgehead atoms. The van der Waals surface area contributed by atoms with Gasteiger partial charge < -0.3 is 34.7 Å². The monoisotopic (exact) mass is 634 g/mol. The van der Waals surface area contributed by atoms with E-state index in [1.165, 1.54) is 6.92 Å². The molecule has 1 heterocycles. The Hall–Kier alpha value is -5.13. The van der Waals surface area contributed by atoms with Crippen LogP contribution >= 0.6 is 0 Å². The van der Waals surface area contributed by atoms with Crippen molar-refractivity contribution in [2.75, 3.05) is 37.5 Å². The number of hydrogen-bond donors (Lipinski definition) is 2. The van der Waals surface area contributed by atoms with Crippen LogP contribution in [0, 0.1) is 29.6 Å².